The van der Waals surface area contributed by atoms with Crippen molar-refractivity contribution in [3.05, 3.63) is 65.7 Å². The summed E-state index contributed by atoms with van der Waals surface area (Å²) in [4.78, 5) is 11.8. The summed E-state index contributed by atoms with van der Waals surface area (Å²) in [6, 6.07) is 13.8. The summed E-state index contributed by atoms with van der Waals surface area (Å²) in [5.41, 5.74) is 0.588. The van der Waals surface area contributed by atoms with Crippen molar-refractivity contribution in [2.75, 3.05) is 0 Å². The molecule has 2 aromatic carbocycles. The van der Waals surface area contributed by atoms with E-state index >= 15 is 0 Å². The number of aromatic hydroxyl groups is 1. The molecule has 0 aliphatic carbocycles. The van der Waals surface area contributed by atoms with Gasteiger partial charge < -0.3 is 5.11 Å². The number of benzene rings is 2. The molecule has 17 heavy (non-hydrogen) atoms. The Morgan fingerprint density at radius 2 is 1.59 bits per heavy atom. The van der Waals surface area contributed by atoms with Gasteiger partial charge in [-0.05, 0) is 29.8 Å². The Kier molecular flexibility index (Phi) is 3.19. The smallest absolute Gasteiger partial charge is 0.201 e. The fraction of sp³-hybridized carbons (Fsp3) is 0.0714. The third-order valence-corrected chi connectivity index (χ3v) is 2.47. The molecule has 0 amide bonds. The van der Waals surface area contributed by atoms with Crippen LogP contribution in [-0.2, 0) is 0 Å². The molecular formula is C14H11FO2. The van der Waals surface area contributed by atoms with Crippen LogP contribution in [0.3, 0.4) is 0 Å². The van der Waals surface area contributed by atoms with Crippen LogP contribution in [0.15, 0.2) is 54.6 Å². The van der Waals surface area contributed by atoms with E-state index < -0.39 is 12.0 Å². The van der Waals surface area contributed by atoms with Gasteiger partial charge in [-0.2, -0.15) is 0 Å². The molecule has 1 atom stereocenters. The van der Waals surface area contributed by atoms with Gasteiger partial charge in [0.25, 0.3) is 0 Å². The van der Waals surface area contributed by atoms with Gasteiger partial charge in [0.05, 0.1) is 0 Å². The molecule has 0 saturated heterocycles. The highest BCUT2D eigenvalue weighted by atomic mass is 19.1. The minimum atomic E-state index is -1.67. The van der Waals surface area contributed by atoms with E-state index in [0.29, 0.717) is 5.56 Å². The molecule has 0 heterocycles. The largest absolute Gasteiger partial charge is 0.508 e. The number of alkyl halides is 1. The lowest BCUT2D eigenvalue weighted by atomic mass is 10.0. The highest BCUT2D eigenvalue weighted by molar-refractivity contribution is 6.00. The molecule has 2 rings (SSSR count). The fourth-order valence-electron chi connectivity index (χ4n) is 1.55. The van der Waals surface area contributed by atoms with Crippen LogP contribution < -0.4 is 0 Å². The molecule has 1 N–H and O–H groups in total. The molecule has 2 nitrogen and oxygen atoms in total. The van der Waals surface area contributed by atoms with E-state index in [1.165, 1.54) is 24.3 Å². The van der Waals surface area contributed by atoms with Crippen LogP contribution in [0.25, 0.3) is 0 Å². The predicted octanol–water partition coefficient (Wildman–Crippen LogP) is 3.29. The van der Waals surface area contributed by atoms with Gasteiger partial charge in [0.1, 0.15) is 5.75 Å². The summed E-state index contributed by atoms with van der Waals surface area (Å²) in [5.74, 6) is -0.548. The van der Waals surface area contributed by atoms with Gasteiger partial charge in [-0.3, -0.25) is 4.79 Å². The Balaban J connectivity index is 2.23. The second-order valence-electron chi connectivity index (χ2n) is 3.68. The second-order valence-corrected chi connectivity index (χ2v) is 3.68. The minimum absolute atomic E-state index is 0.0525. The van der Waals surface area contributed by atoms with Crippen molar-refractivity contribution in [2.24, 2.45) is 0 Å². The molecule has 0 aromatic heterocycles. The number of carbonyl (C=O) groups is 1. The van der Waals surface area contributed by atoms with Gasteiger partial charge in [0.2, 0.25) is 5.78 Å². The zero-order chi connectivity index (χ0) is 12.3. The third-order valence-electron chi connectivity index (χ3n) is 2.47. The first-order valence-corrected chi connectivity index (χ1v) is 5.21. The summed E-state index contributed by atoms with van der Waals surface area (Å²) in [7, 11) is 0. The van der Waals surface area contributed by atoms with E-state index in [1.807, 2.05) is 0 Å². The van der Waals surface area contributed by atoms with Crippen molar-refractivity contribution < 1.29 is 14.3 Å². The van der Waals surface area contributed by atoms with Crippen LogP contribution in [0.1, 0.15) is 22.1 Å². The molecule has 0 aliphatic heterocycles. The number of carbonyl (C=O) groups excluding carboxylic acids is 1. The average Bonchev–Trinajstić information content (AvgIpc) is 2.39. The van der Waals surface area contributed by atoms with Crippen LogP contribution in [0.5, 0.6) is 5.75 Å². The first kappa shape index (κ1) is 11.3. The SMILES string of the molecule is O=C(c1ccc(O)cc1)C(F)c1ccccc1. The summed E-state index contributed by atoms with van der Waals surface area (Å²) in [6.07, 6.45) is -1.67. The first-order chi connectivity index (χ1) is 8.18. The Morgan fingerprint density at radius 3 is 2.18 bits per heavy atom. The second kappa shape index (κ2) is 4.78. The van der Waals surface area contributed by atoms with E-state index in [1.54, 1.807) is 30.3 Å². The zero-order valence-electron chi connectivity index (χ0n) is 9.01. The molecule has 3 heteroatoms. The number of hydrogen-bond donors (Lipinski definition) is 1. The average molecular weight is 230 g/mol. The van der Waals surface area contributed by atoms with Gasteiger partial charge in [-0.15, -0.1) is 0 Å². The van der Waals surface area contributed by atoms with Crippen molar-refractivity contribution in [1.29, 1.82) is 0 Å². The fourth-order valence-corrected chi connectivity index (χ4v) is 1.55. The molecule has 0 aliphatic rings. The maximum atomic E-state index is 13.9. The van der Waals surface area contributed by atoms with Crippen LogP contribution in [0.2, 0.25) is 0 Å². The Labute approximate surface area is 98.3 Å². The van der Waals surface area contributed by atoms with Crippen molar-refractivity contribution in [3.8, 4) is 5.75 Å². The quantitative estimate of drug-likeness (QED) is 0.821. The minimum Gasteiger partial charge on any atom is -0.508 e. The molecular weight excluding hydrogens is 219 g/mol. The van der Waals surface area contributed by atoms with Crippen LogP contribution in [0, 0.1) is 0 Å². The lowest BCUT2D eigenvalue weighted by Gasteiger charge is -2.07. The lowest BCUT2D eigenvalue weighted by molar-refractivity contribution is 0.0878. The highest BCUT2D eigenvalue weighted by Crippen LogP contribution is 2.23. The van der Waals surface area contributed by atoms with E-state index in [2.05, 4.69) is 0 Å². The summed E-state index contributed by atoms with van der Waals surface area (Å²) >= 11 is 0. The van der Waals surface area contributed by atoms with Gasteiger partial charge >= 0.3 is 0 Å². The van der Waals surface area contributed by atoms with Crippen LogP contribution in [-0.4, -0.2) is 10.9 Å². The van der Waals surface area contributed by atoms with Crippen molar-refractivity contribution in [3.63, 3.8) is 0 Å². The molecule has 0 bridgehead atoms. The maximum absolute atomic E-state index is 13.9. The zero-order valence-corrected chi connectivity index (χ0v) is 9.01. The van der Waals surface area contributed by atoms with E-state index in [4.69, 9.17) is 5.11 Å². The highest BCUT2D eigenvalue weighted by Gasteiger charge is 2.20. The third kappa shape index (κ3) is 2.50. The Hall–Kier alpha value is -2.16. The number of hydrogen-bond acceptors (Lipinski definition) is 2. The molecule has 1 unspecified atom stereocenters. The number of ketones is 1. The Bertz CT molecular complexity index is 506. The molecule has 0 spiro atoms. The van der Waals surface area contributed by atoms with Crippen molar-refractivity contribution in [1.82, 2.24) is 0 Å². The maximum Gasteiger partial charge on any atom is 0.201 e. The molecule has 0 fully saturated rings. The van der Waals surface area contributed by atoms with Crippen LogP contribution in [0.4, 0.5) is 4.39 Å². The lowest BCUT2D eigenvalue weighted by Crippen LogP contribution is -2.07. The van der Waals surface area contributed by atoms with Gasteiger partial charge in [0.15, 0.2) is 6.17 Å². The van der Waals surface area contributed by atoms with E-state index in [-0.39, 0.29) is 11.3 Å². The molecule has 86 valence electrons. The topological polar surface area (TPSA) is 37.3 Å². The standard InChI is InChI=1S/C14H11FO2/c15-13(10-4-2-1-3-5-10)14(17)11-6-8-12(16)9-7-11/h1-9,13,16H. The number of rotatable bonds is 3. The van der Waals surface area contributed by atoms with Gasteiger partial charge in [0, 0.05) is 5.56 Å². The summed E-state index contributed by atoms with van der Waals surface area (Å²) < 4.78 is 13.9. The summed E-state index contributed by atoms with van der Waals surface area (Å²) in [6.45, 7) is 0. The van der Waals surface area contributed by atoms with E-state index in [9.17, 15) is 9.18 Å². The molecule has 0 saturated carbocycles. The first-order valence-electron chi connectivity index (χ1n) is 5.21. The van der Waals surface area contributed by atoms with Crippen molar-refractivity contribution in [2.45, 2.75) is 6.17 Å². The number of halogens is 1. The van der Waals surface area contributed by atoms with Gasteiger partial charge in [-0.25, -0.2) is 4.39 Å². The number of phenolic OH excluding ortho intramolecular Hbond substituents is 1. The number of Topliss-reactive ketones (excluding diaryl/α,β-unsaturated/α-hetero) is 1. The normalized spacial score (nSPS) is 12.1. The molecule has 2 aromatic rings. The van der Waals surface area contributed by atoms with Crippen molar-refractivity contribution >= 4 is 5.78 Å². The molecule has 0 radical (unpaired) electrons. The monoisotopic (exact) mass is 230 g/mol. The Morgan fingerprint density at radius 1 is 1.00 bits per heavy atom. The number of phenols is 1. The van der Waals surface area contributed by atoms with Gasteiger partial charge in [-0.1, -0.05) is 30.3 Å². The van der Waals surface area contributed by atoms with E-state index in [0.717, 1.165) is 0 Å². The predicted molar refractivity (Wildman–Crippen MR) is 62.7 cm³/mol. The van der Waals surface area contributed by atoms with Crippen LogP contribution >= 0.6 is 0 Å². The summed E-state index contributed by atoms with van der Waals surface area (Å²) in [5, 5.41) is 9.09.